The molecule has 0 aliphatic carbocycles. The predicted molar refractivity (Wildman–Crippen MR) is 87.2 cm³/mol. The third kappa shape index (κ3) is 3.84. The fourth-order valence-electron chi connectivity index (χ4n) is 2.57. The molecule has 1 heterocycles. The van der Waals surface area contributed by atoms with Crippen molar-refractivity contribution in [1.82, 2.24) is 14.5 Å². The van der Waals surface area contributed by atoms with E-state index in [0.29, 0.717) is 6.54 Å². The van der Waals surface area contributed by atoms with Crippen LogP contribution < -0.4 is 5.73 Å². The maximum absolute atomic E-state index is 6.25. The largest absolute Gasteiger partial charge is 0.333 e. The SMILES string of the molecule is CCCn1cncc1C(CN)N(C)Cc1ccccc1Cl. The van der Waals surface area contributed by atoms with Crippen molar-refractivity contribution >= 4 is 11.6 Å². The standard InChI is InChI=1S/C16H23ClN4/c1-3-8-21-12-19-10-16(21)15(9-18)20(2)11-13-6-4-5-7-14(13)17/h4-7,10,12,15H,3,8-9,11,18H2,1-2H3. The summed E-state index contributed by atoms with van der Waals surface area (Å²) >= 11 is 6.25. The minimum Gasteiger partial charge on any atom is -0.333 e. The predicted octanol–water partition coefficient (Wildman–Crippen LogP) is 3.08. The van der Waals surface area contributed by atoms with Gasteiger partial charge in [-0.05, 0) is 25.1 Å². The van der Waals surface area contributed by atoms with Gasteiger partial charge in [0.05, 0.1) is 18.1 Å². The summed E-state index contributed by atoms with van der Waals surface area (Å²) in [5, 5.41) is 0.794. The Hall–Kier alpha value is -1.36. The van der Waals surface area contributed by atoms with E-state index in [9.17, 15) is 0 Å². The summed E-state index contributed by atoms with van der Waals surface area (Å²) in [6.07, 6.45) is 4.87. The lowest BCUT2D eigenvalue weighted by atomic mass is 10.1. The maximum atomic E-state index is 6.25. The van der Waals surface area contributed by atoms with Gasteiger partial charge >= 0.3 is 0 Å². The number of nitrogens with two attached hydrogens (primary N) is 1. The molecule has 5 heteroatoms. The molecular formula is C16H23ClN4. The first kappa shape index (κ1) is 16.0. The summed E-state index contributed by atoms with van der Waals surface area (Å²) in [4.78, 5) is 6.50. The van der Waals surface area contributed by atoms with Crippen molar-refractivity contribution in [1.29, 1.82) is 0 Å². The van der Waals surface area contributed by atoms with Gasteiger partial charge in [-0.1, -0.05) is 36.7 Å². The molecule has 0 saturated carbocycles. The number of benzene rings is 1. The zero-order valence-electron chi connectivity index (χ0n) is 12.7. The smallest absolute Gasteiger partial charge is 0.0948 e. The van der Waals surface area contributed by atoms with Crippen LogP contribution in [0.4, 0.5) is 0 Å². The monoisotopic (exact) mass is 306 g/mol. The van der Waals surface area contributed by atoms with Gasteiger partial charge in [0.2, 0.25) is 0 Å². The van der Waals surface area contributed by atoms with E-state index in [2.05, 4.69) is 34.5 Å². The maximum Gasteiger partial charge on any atom is 0.0948 e. The van der Waals surface area contributed by atoms with Gasteiger partial charge in [-0.15, -0.1) is 0 Å². The summed E-state index contributed by atoms with van der Waals surface area (Å²) in [5.74, 6) is 0. The Morgan fingerprint density at radius 1 is 1.38 bits per heavy atom. The van der Waals surface area contributed by atoms with E-state index >= 15 is 0 Å². The van der Waals surface area contributed by atoms with Crippen molar-refractivity contribution in [2.75, 3.05) is 13.6 Å². The van der Waals surface area contributed by atoms with Gasteiger partial charge in [0, 0.05) is 30.9 Å². The molecule has 1 unspecified atom stereocenters. The molecule has 2 aromatic rings. The summed E-state index contributed by atoms with van der Waals surface area (Å²) < 4.78 is 2.18. The van der Waals surface area contributed by atoms with Gasteiger partial charge in [-0.25, -0.2) is 4.98 Å². The second-order valence-electron chi connectivity index (χ2n) is 5.27. The topological polar surface area (TPSA) is 47.1 Å². The number of aromatic nitrogens is 2. The van der Waals surface area contributed by atoms with Crippen LogP contribution in [-0.4, -0.2) is 28.0 Å². The van der Waals surface area contributed by atoms with Crippen LogP contribution in [0.1, 0.15) is 30.6 Å². The van der Waals surface area contributed by atoms with Crippen LogP contribution in [-0.2, 0) is 13.1 Å². The molecular weight excluding hydrogens is 284 g/mol. The number of rotatable bonds is 7. The van der Waals surface area contributed by atoms with E-state index in [0.717, 1.165) is 35.8 Å². The highest BCUT2D eigenvalue weighted by atomic mass is 35.5. The number of hydrogen-bond acceptors (Lipinski definition) is 3. The Balaban J connectivity index is 2.17. The third-order valence-corrected chi connectivity index (χ3v) is 4.05. The molecule has 2 rings (SSSR count). The van der Waals surface area contributed by atoms with E-state index in [4.69, 9.17) is 17.3 Å². The summed E-state index contributed by atoms with van der Waals surface area (Å²) in [6.45, 7) is 4.44. The highest BCUT2D eigenvalue weighted by Gasteiger charge is 2.20. The number of aryl methyl sites for hydroxylation is 1. The van der Waals surface area contributed by atoms with E-state index < -0.39 is 0 Å². The summed E-state index contributed by atoms with van der Waals surface area (Å²) in [6, 6.07) is 8.06. The zero-order valence-corrected chi connectivity index (χ0v) is 13.4. The molecule has 21 heavy (non-hydrogen) atoms. The van der Waals surface area contributed by atoms with E-state index in [1.165, 1.54) is 0 Å². The number of nitrogens with zero attached hydrogens (tertiary/aromatic N) is 3. The van der Waals surface area contributed by atoms with Gasteiger partial charge in [0.15, 0.2) is 0 Å². The van der Waals surface area contributed by atoms with Crippen molar-refractivity contribution in [3.63, 3.8) is 0 Å². The van der Waals surface area contributed by atoms with Gasteiger partial charge in [0.1, 0.15) is 0 Å². The van der Waals surface area contributed by atoms with Crippen LogP contribution in [0.2, 0.25) is 5.02 Å². The number of hydrogen-bond donors (Lipinski definition) is 1. The fourth-order valence-corrected chi connectivity index (χ4v) is 2.76. The van der Waals surface area contributed by atoms with Gasteiger partial charge in [-0.3, -0.25) is 4.90 Å². The second-order valence-corrected chi connectivity index (χ2v) is 5.68. The first-order chi connectivity index (χ1) is 10.2. The Morgan fingerprint density at radius 2 is 2.14 bits per heavy atom. The molecule has 1 aromatic carbocycles. The zero-order chi connectivity index (χ0) is 15.2. The molecule has 0 aliphatic heterocycles. The van der Waals surface area contributed by atoms with Crippen LogP contribution in [0, 0.1) is 0 Å². The molecule has 0 fully saturated rings. The Labute approximate surface area is 131 Å². The first-order valence-electron chi connectivity index (χ1n) is 7.31. The van der Waals surface area contributed by atoms with E-state index in [1.807, 2.05) is 30.7 Å². The van der Waals surface area contributed by atoms with Crippen molar-refractivity contribution in [3.8, 4) is 0 Å². The fraction of sp³-hybridized carbons (Fsp3) is 0.438. The van der Waals surface area contributed by atoms with Crippen LogP contribution in [0.3, 0.4) is 0 Å². The lowest BCUT2D eigenvalue weighted by Gasteiger charge is -2.28. The number of imidazole rings is 1. The molecule has 0 bridgehead atoms. The van der Waals surface area contributed by atoms with Crippen molar-refractivity contribution in [2.24, 2.45) is 5.73 Å². The minimum absolute atomic E-state index is 0.135. The highest BCUT2D eigenvalue weighted by Crippen LogP contribution is 2.23. The van der Waals surface area contributed by atoms with Crippen LogP contribution >= 0.6 is 11.6 Å². The molecule has 0 spiro atoms. The number of halogens is 1. The van der Waals surface area contributed by atoms with Gasteiger partial charge in [0.25, 0.3) is 0 Å². The lowest BCUT2D eigenvalue weighted by molar-refractivity contribution is 0.232. The van der Waals surface area contributed by atoms with Crippen molar-refractivity contribution < 1.29 is 0 Å². The van der Waals surface area contributed by atoms with Gasteiger partial charge < -0.3 is 10.3 Å². The molecule has 1 aromatic heterocycles. The van der Waals surface area contributed by atoms with Crippen LogP contribution in [0.15, 0.2) is 36.8 Å². The summed E-state index contributed by atoms with van der Waals surface area (Å²) in [5.41, 5.74) is 8.28. The highest BCUT2D eigenvalue weighted by molar-refractivity contribution is 6.31. The molecule has 2 N–H and O–H groups in total. The molecule has 1 atom stereocenters. The molecule has 0 aliphatic rings. The molecule has 0 saturated heterocycles. The quantitative estimate of drug-likeness (QED) is 0.855. The first-order valence-corrected chi connectivity index (χ1v) is 7.68. The van der Waals surface area contributed by atoms with Gasteiger partial charge in [-0.2, -0.15) is 0 Å². The van der Waals surface area contributed by atoms with Crippen LogP contribution in [0.25, 0.3) is 0 Å². The normalized spacial score (nSPS) is 12.8. The molecule has 0 amide bonds. The average Bonchev–Trinajstić information content (AvgIpc) is 2.91. The number of likely N-dealkylation sites (N-methyl/N-ethyl adjacent to an activating group) is 1. The summed E-state index contributed by atoms with van der Waals surface area (Å²) in [7, 11) is 2.07. The minimum atomic E-state index is 0.135. The molecule has 114 valence electrons. The molecule has 4 nitrogen and oxygen atoms in total. The second kappa shape index (κ2) is 7.59. The average molecular weight is 307 g/mol. The Morgan fingerprint density at radius 3 is 2.81 bits per heavy atom. The van der Waals surface area contributed by atoms with E-state index in [1.54, 1.807) is 0 Å². The lowest BCUT2D eigenvalue weighted by Crippen LogP contribution is -2.31. The Bertz CT molecular complexity index is 567. The van der Waals surface area contributed by atoms with Crippen molar-refractivity contribution in [3.05, 3.63) is 53.1 Å². The van der Waals surface area contributed by atoms with Crippen molar-refractivity contribution in [2.45, 2.75) is 32.5 Å². The Kier molecular flexibility index (Phi) is 5.79. The van der Waals surface area contributed by atoms with Crippen LogP contribution in [0.5, 0.6) is 0 Å². The third-order valence-electron chi connectivity index (χ3n) is 3.68. The van der Waals surface area contributed by atoms with E-state index in [-0.39, 0.29) is 6.04 Å². The molecule has 0 radical (unpaired) electrons.